The van der Waals surface area contributed by atoms with Crippen LogP contribution in [-0.4, -0.2) is 24.5 Å². The van der Waals surface area contributed by atoms with Crippen LogP contribution in [0.4, 0.5) is 11.4 Å². The van der Waals surface area contributed by atoms with Gasteiger partial charge in [-0.2, -0.15) is 5.26 Å². The van der Waals surface area contributed by atoms with Crippen LogP contribution in [0.1, 0.15) is 5.69 Å². The van der Waals surface area contributed by atoms with E-state index in [4.69, 9.17) is 28.5 Å². The van der Waals surface area contributed by atoms with E-state index in [0.29, 0.717) is 21.4 Å². The van der Waals surface area contributed by atoms with Crippen LogP contribution < -0.4 is 10.2 Å². The first-order chi connectivity index (χ1) is 10.5. The molecule has 0 aliphatic rings. The van der Waals surface area contributed by atoms with Gasteiger partial charge >= 0.3 is 0 Å². The third-order valence-electron chi connectivity index (χ3n) is 2.91. The standard InChI is InChI=1S/C15H12Cl2N4O/c1-21(11-6-5-10(7-18)19-8-11)9-14(22)20-15-12(16)3-2-4-13(15)17/h2-6,8H,9H2,1H3,(H,20,22). The van der Waals surface area contributed by atoms with E-state index in [0.717, 1.165) is 5.69 Å². The molecule has 0 atom stereocenters. The fourth-order valence-corrected chi connectivity index (χ4v) is 2.27. The van der Waals surface area contributed by atoms with Crippen molar-refractivity contribution in [1.82, 2.24) is 4.98 Å². The average Bonchev–Trinajstić information content (AvgIpc) is 2.51. The summed E-state index contributed by atoms with van der Waals surface area (Å²) in [4.78, 5) is 17.7. The van der Waals surface area contributed by atoms with Crippen molar-refractivity contribution in [3.63, 3.8) is 0 Å². The number of aromatic nitrogens is 1. The number of pyridine rings is 1. The van der Waals surface area contributed by atoms with Crippen LogP contribution in [0.15, 0.2) is 36.5 Å². The molecule has 2 aromatic rings. The highest BCUT2D eigenvalue weighted by atomic mass is 35.5. The Kier molecular flexibility index (Phi) is 5.21. The molecule has 0 aliphatic carbocycles. The molecule has 0 spiro atoms. The number of nitrogens with zero attached hydrogens (tertiary/aromatic N) is 3. The highest BCUT2D eigenvalue weighted by Gasteiger charge is 2.12. The molecule has 0 bridgehead atoms. The summed E-state index contributed by atoms with van der Waals surface area (Å²) in [6.07, 6.45) is 1.54. The number of para-hydroxylation sites is 1. The van der Waals surface area contributed by atoms with Crippen LogP contribution in [0.25, 0.3) is 0 Å². The van der Waals surface area contributed by atoms with Gasteiger partial charge in [-0.05, 0) is 24.3 Å². The predicted octanol–water partition coefficient (Wildman–Crippen LogP) is 3.33. The fourth-order valence-electron chi connectivity index (χ4n) is 1.78. The number of hydrogen-bond donors (Lipinski definition) is 1. The largest absolute Gasteiger partial charge is 0.364 e. The second-order valence-electron chi connectivity index (χ2n) is 4.51. The molecular weight excluding hydrogens is 323 g/mol. The Morgan fingerprint density at radius 3 is 2.55 bits per heavy atom. The summed E-state index contributed by atoms with van der Waals surface area (Å²) < 4.78 is 0. The van der Waals surface area contributed by atoms with Crippen LogP contribution >= 0.6 is 23.2 Å². The Bertz CT molecular complexity index is 705. The van der Waals surface area contributed by atoms with Gasteiger partial charge in [-0.15, -0.1) is 0 Å². The molecule has 1 N–H and O–H groups in total. The quantitative estimate of drug-likeness (QED) is 0.930. The number of nitriles is 1. The van der Waals surface area contributed by atoms with Crippen molar-refractivity contribution in [2.24, 2.45) is 0 Å². The van der Waals surface area contributed by atoms with Crippen molar-refractivity contribution in [3.05, 3.63) is 52.3 Å². The summed E-state index contributed by atoms with van der Waals surface area (Å²) in [5.74, 6) is -0.262. The Morgan fingerprint density at radius 1 is 1.32 bits per heavy atom. The minimum atomic E-state index is -0.262. The number of carbonyl (C=O) groups is 1. The molecule has 0 saturated heterocycles. The Labute approximate surface area is 138 Å². The number of amides is 1. The lowest BCUT2D eigenvalue weighted by Crippen LogP contribution is -2.30. The molecule has 0 saturated carbocycles. The van der Waals surface area contributed by atoms with E-state index >= 15 is 0 Å². The summed E-state index contributed by atoms with van der Waals surface area (Å²) >= 11 is 12.0. The van der Waals surface area contributed by atoms with Gasteiger partial charge in [0.15, 0.2) is 0 Å². The summed E-state index contributed by atoms with van der Waals surface area (Å²) in [5.41, 5.74) is 1.44. The topological polar surface area (TPSA) is 69.0 Å². The smallest absolute Gasteiger partial charge is 0.243 e. The van der Waals surface area contributed by atoms with E-state index in [-0.39, 0.29) is 12.5 Å². The number of likely N-dealkylation sites (N-methyl/N-ethyl adjacent to an activating group) is 1. The van der Waals surface area contributed by atoms with Crippen LogP contribution in [0.5, 0.6) is 0 Å². The maximum absolute atomic E-state index is 12.1. The van der Waals surface area contributed by atoms with Crippen LogP contribution in [0.2, 0.25) is 10.0 Å². The molecule has 1 aromatic carbocycles. The fraction of sp³-hybridized carbons (Fsp3) is 0.133. The van der Waals surface area contributed by atoms with E-state index in [1.165, 1.54) is 6.20 Å². The lowest BCUT2D eigenvalue weighted by molar-refractivity contribution is -0.114. The third kappa shape index (κ3) is 3.88. The average molecular weight is 335 g/mol. The number of nitrogens with one attached hydrogen (secondary N) is 1. The molecule has 1 heterocycles. The number of rotatable bonds is 4. The first-order valence-corrected chi connectivity index (χ1v) is 7.08. The van der Waals surface area contributed by atoms with Crippen LogP contribution in [0, 0.1) is 11.3 Å². The van der Waals surface area contributed by atoms with Crippen molar-refractivity contribution in [2.45, 2.75) is 0 Å². The Balaban J connectivity index is 2.03. The van der Waals surface area contributed by atoms with E-state index in [9.17, 15) is 4.79 Å². The van der Waals surface area contributed by atoms with E-state index < -0.39 is 0 Å². The van der Waals surface area contributed by atoms with Crippen molar-refractivity contribution >= 4 is 40.5 Å². The maximum Gasteiger partial charge on any atom is 0.243 e. The van der Waals surface area contributed by atoms with Crippen molar-refractivity contribution in [2.75, 3.05) is 23.8 Å². The molecule has 0 unspecified atom stereocenters. The first-order valence-electron chi connectivity index (χ1n) is 6.32. The highest BCUT2D eigenvalue weighted by Crippen LogP contribution is 2.29. The maximum atomic E-state index is 12.1. The lowest BCUT2D eigenvalue weighted by Gasteiger charge is -2.18. The van der Waals surface area contributed by atoms with Gasteiger partial charge in [-0.25, -0.2) is 4.98 Å². The summed E-state index contributed by atoms with van der Waals surface area (Å²) in [6, 6.07) is 10.3. The molecule has 2 rings (SSSR count). The number of carbonyl (C=O) groups excluding carboxylic acids is 1. The lowest BCUT2D eigenvalue weighted by atomic mass is 10.3. The van der Waals surface area contributed by atoms with Crippen molar-refractivity contribution in [1.29, 1.82) is 5.26 Å². The number of halogens is 2. The molecule has 0 radical (unpaired) electrons. The zero-order valence-corrected chi connectivity index (χ0v) is 13.2. The third-order valence-corrected chi connectivity index (χ3v) is 3.54. The monoisotopic (exact) mass is 334 g/mol. The van der Waals surface area contributed by atoms with E-state index in [2.05, 4.69) is 10.3 Å². The number of anilines is 2. The van der Waals surface area contributed by atoms with Crippen molar-refractivity contribution < 1.29 is 4.79 Å². The van der Waals surface area contributed by atoms with E-state index in [1.807, 2.05) is 6.07 Å². The molecule has 112 valence electrons. The SMILES string of the molecule is CN(CC(=O)Nc1c(Cl)cccc1Cl)c1ccc(C#N)nc1. The Hall–Kier alpha value is -2.29. The summed E-state index contributed by atoms with van der Waals surface area (Å²) in [6.45, 7) is 0.0924. The minimum Gasteiger partial charge on any atom is -0.364 e. The second kappa shape index (κ2) is 7.12. The molecule has 7 heteroatoms. The second-order valence-corrected chi connectivity index (χ2v) is 5.33. The highest BCUT2D eigenvalue weighted by molar-refractivity contribution is 6.39. The van der Waals surface area contributed by atoms with Gasteiger partial charge in [0.25, 0.3) is 0 Å². The van der Waals surface area contributed by atoms with E-state index in [1.54, 1.807) is 42.3 Å². The zero-order chi connectivity index (χ0) is 16.1. The van der Waals surface area contributed by atoms with Gasteiger partial charge in [0.2, 0.25) is 5.91 Å². The molecule has 22 heavy (non-hydrogen) atoms. The molecule has 1 amide bonds. The first kappa shape index (κ1) is 16.1. The molecule has 0 fully saturated rings. The molecule has 5 nitrogen and oxygen atoms in total. The summed E-state index contributed by atoms with van der Waals surface area (Å²) in [5, 5.41) is 12.2. The molecule has 1 aromatic heterocycles. The van der Waals surface area contributed by atoms with Gasteiger partial charge < -0.3 is 10.2 Å². The molecular formula is C15H12Cl2N4O. The van der Waals surface area contributed by atoms with Crippen LogP contribution in [0.3, 0.4) is 0 Å². The van der Waals surface area contributed by atoms with Gasteiger partial charge in [0.05, 0.1) is 34.2 Å². The number of hydrogen-bond acceptors (Lipinski definition) is 4. The van der Waals surface area contributed by atoms with Gasteiger partial charge in [-0.3, -0.25) is 4.79 Å². The van der Waals surface area contributed by atoms with Gasteiger partial charge in [-0.1, -0.05) is 29.3 Å². The number of benzene rings is 1. The van der Waals surface area contributed by atoms with Gasteiger partial charge in [0, 0.05) is 7.05 Å². The van der Waals surface area contributed by atoms with Crippen LogP contribution in [-0.2, 0) is 4.79 Å². The van der Waals surface area contributed by atoms with Crippen molar-refractivity contribution in [3.8, 4) is 6.07 Å². The Morgan fingerprint density at radius 2 is 2.00 bits per heavy atom. The minimum absolute atomic E-state index is 0.0924. The van der Waals surface area contributed by atoms with Gasteiger partial charge in [0.1, 0.15) is 11.8 Å². The predicted molar refractivity (Wildman–Crippen MR) is 87.3 cm³/mol. The summed E-state index contributed by atoms with van der Waals surface area (Å²) in [7, 11) is 1.75. The zero-order valence-electron chi connectivity index (χ0n) is 11.7. The molecule has 0 aliphatic heterocycles. The normalized spacial score (nSPS) is 9.91.